The van der Waals surface area contributed by atoms with Crippen LogP contribution in [0, 0.1) is 0 Å². The first-order valence-electron chi connectivity index (χ1n) is 23.1. The van der Waals surface area contributed by atoms with Gasteiger partial charge >= 0.3 is 17.9 Å². The van der Waals surface area contributed by atoms with Crippen molar-refractivity contribution >= 4 is 17.9 Å². The van der Waals surface area contributed by atoms with Crippen molar-refractivity contribution < 1.29 is 28.6 Å². The maximum atomic E-state index is 12.7. The molecule has 0 aliphatic heterocycles. The van der Waals surface area contributed by atoms with Crippen LogP contribution in [0.25, 0.3) is 0 Å². The fraction of sp³-hybridized carbons (Fsp3) is 0.566. The zero-order valence-electron chi connectivity index (χ0n) is 37.5. The number of ether oxygens (including phenoxy) is 3. The van der Waals surface area contributed by atoms with Crippen LogP contribution in [-0.2, 0) is 28.6 Å². The lowest BCUT2D eigenvalue weighted by Gasteiger charge is -2.18. The van der Waals surface area contributed by atoms with E-state index in [-0.39, 0.29) is 38.0 Å². The average Bonchev–Trinajstić information content (AvgIpc) is 3.23. The summed E-state index contributed by atoms with van der Waals surface area (Å²) in [5.41, 5.74) is 0. The van der Waals surface area contributed by atoms with E-state index in [0.29, 0.717) is 19.3 Å². The molecule has 0 spiro atoms. The Hall–Kier alpha value is -4.19. The van der Waals surface area contributed by atoms with Gasteiger partial charge in [0.05, 0.1) is 0 Å². The van der Waals surface area contributed by atoms with Crippen LogP contribution in [0.2, 0.25) is 0 Å². The third-order valence-corrected chi connectivity index (χ3v) is 9.06. The van der Waals surface area contributed by atoms with Crippen LogP contribution >= 0.6 is 0 Å². The zero-order valence-corrected chi connectivity index (χ0v) is 37.5. The second kappa shape index (κ2) is 46.5. The van der Waals surface area contributed by atoms with Gasteiger partial charge in [0.2, 0.25) is 0 Å². The Labute approximate surface area is 361 Å². The summed E-state index contributed by atoms with van der Waals surface area (Å²) in [7, 11) is 0. The van der Waals surface area contributed by atoms with E-state index in [4.69, 9.17) is 14.2 Å². The third-order valence-electron chi connectivity index (χ3n) is 9.06. The summed E-state index contributed by atoms with van der Waals surface area (Å²) in [5.74, 6) is -1.08. The van der Waals surface area contributed by atoms with Gasteiger partial charge in [0.25, 0.3) is 0 Å². The molecule has 1 unspecified atom stereocenters. The van der Waals surface area contributed by atoms with Gasteiger partial charge in [0.1, 0.15) is 13.2 Å². The molecule has 0 aliphatic carbocycles. The highest BCUT2D eigenvalue weighted by atomic mass is 16.6. The molecule has 0 rings (SSSR count). The van der Waals surface area contributed by atoms with Crippen molar-refractivity contribution in [2.24, 2.45) is 0 Å². The molecule has 0 fully saturated rings. The van der Waals surface area contributed by atoms with E-state index in [1.165, 1.54) is 51.4 Å². The number of esters is 3. The summed E-state index contributed by atoms with van der Waals surface area (Å²) in [4.78, 5) is 37.7. The monoisotopic (exact) mass is 815 g/mol. The highest BCUT2D eigenvalue weighted by Gasteiger charge is 2.19. The van der Waals surface area contributed by atoms with Crippen molar-refractivity contribution in [2.75, 3.05) is 13.2 Å². The molecule has 0 aromatic carbocycles. The molecule has 0 N–H and O–H groups in total. The Morgan fingerprint density at radius 3 is 1.31 bits per heavy atom. The SMILES string of the molecule is CC\C=C/C=C\C=C/C=C\C=C/CCCC(=O)OC(COC(=O)CCC/C=C\C/C=C\C/C=C\CC)COC(=O)CCCCCCCCC/C=C\C/C=C\CCCCC. The van der Waals surface area contributed by atoms with Crippen LogP contribution in [0.3, 0.4) is 0 Å². The van der Waals surface area contributed by atoms with E-state index in [9.17, 15) is 14.4 Å². The molecule has 0 saturated heterocycles. The maximum absolute atomic E-state index is 12.7. The quantitative estimate of drug-likeness (QED) is 0.0202. The molecule has 0 amide bonds. The molecule has 0 aromatic heterocycles. The number of hydrogen-bond acceptors (Lipinski definition) is 6. The van der Waals surface area contributed by atoms with Gasteiger partial charge in [-0.3, -0.25) is 14.4 Å². The summed E-state index contributed by atoms with van der Waals surface area (Å²) in [6.45, 7) is 6.20. The van der Waals surface area contributed by atoms with Crippen molar-refractivity contribution in [1.29, 1.82) is 0 Å². The Balaban J connectivity index is 4.55. The molecule has 59 heavy (non-hydrogen) atoms. The lowest BCUT2D eigenvalue weighted by molar-refractivity contribution is -0.167. The predicted molar refractivity (Wildman–Crippen MR) is 251 cm³/mol. The molecule has 1 atom stereocenters. The van der Waals surface area contributed by atoms with Gasteiger partial charge in [-0.2, -0.15) is 0 Å². The molecule has 0 aromatic rings. The lowest BCUT2D eigenvalue weighted by atomic mass is 10.1. The number of hydrogen-bond donors (Lipinski definition) is 0. The molecule has 0 bridgehead atoms. The minimum atomic E-state index is -0.840. The molecule has 0 saturated carbocycles. The van der Waals surface area contributed by atoms with Crippen LogP contribution < -0.4 is 0 Å². The van der Waals surface area contributed by atoms with Gasteiger partial charge in [-0.15, -0.1) is 0 Å². The Morgan fingerprint density at radius 2 is 0.763 bits per heavy atom. The summed E-state index contributed by atoms with van der Waals surface area (Å²) in [5, 5.41) is 0. The van der Waals surface area contributed by atoms with E-state index in [1.54, 1.807) is 0 Å². The second-order valence-corrected chi connectivity index (χ2v) is 14.7. The maximum Gasteiger partial charge on any atom is 0.306 e. The van der Waals surface area contributed by atoms with Crippen LogP contribution in [0.4, 0.5) is 0 Å². The summed E-state index contributed by atoms with van der Waals surface area (Å²) in [6, 6.07) is 0. The molecule has 0 heterocycles. The van der Waals surface area contributed by atoms with Crippen molar-refractivity contribution in [3.8, 4) is 0 Å². The van der Waals surface area contributed by atoms with Crippen LogP contribution in [0.15, 0.2) is 122 Å². The van der Waals surface area contributed by atoms with Gasteiger partial charge in [0.15, 0.2) is 6.10 Å². The number of rotatable bonds is 39. The fourth-order valence-corrected chi connectivity index (χ4v) is 5.64. The van der Waals surface area contributed by atoms with Gasteiger partial charge in [0, 0.05) is 19.3 Å². The minimum absolute atomic E-state index is 0.131. The average molecular weight is 815 g/mol. The van der Waals surface area contributed by atoms with Crippen molar-refractivity contribution in [3.05, 3.63) is 122 Å². The topological polar surface area (TPSA) is 78.9 Å². The normalized spacial score (nSPS) is 13.2. The Kier molecular flexibility index (Phi) is 43.2. The number of carbonyl (C=O) groups excluding carboxylic acids is 3. The molecule has 330 valence electrons. The first kappa shape index (κ1) is 54.8. The van der Waals surface area contributed by atoms with E-state index in [0.717, 1.165) is 70.6 Å². The lowest BCUT2D eigenvalue weighted by Crippen LogP contribution is -2.30. The number of allylic oxidation sites excluding steroid dienone is 20. The van der Waals surface area contributed by atoms with Gasteiger partial charge in [-0.05, 0) is 89.9 Å². The predicted octanol–water partition coefficient (Wildman–Crippen LogP) is 15.0. The molecule has 6 heteroatoms. The summed E-state index contributed by atoms with van der Waals surface area (Å²) >= 11 is 0. The van der Waals surface area contributed by atoms with E-state index < -0.39 is 12.1 Å². The molecule has 6 nitrogen and oxygen atoms in total. The first-order chi connectivity index (χ1) is 29.0. The summed E-state index contributed by atoms with van der Waals surface area (Å²) in [6.07, 6.45) is 63.4. The second-order valence-electron chi connectivity index (χ2n) is 14.7. The highest BCUT2D eigenvalue weighted by Crippen LogP contribution is 2.12. The molecular weight excluding hydrogens is 733 g/mol. The Bertz CT molecular complexity index is 1300. The number of carbonyl (C=O) groups is 3. The van der Waals surface area contributed by atoms with E-state index >= 15 is 0 Å². The fourth-order valence-electron chi connectivity index (χ4n) is 5.64. The van der Waals surface area contributed by atoms with Crippen molar-refractivity contribution in [3.63, 3.8) is 0 Å². The van der Waals surface area contributed by atoms with Gasteiger partial charge in [-0.25, -0.2) is 0 Å². The summed E-state index contributed by atoms with van der Waals surface area (Å²) < 4.78 is 16.6. The van der Waals surface area contributed by atoms with Crippen molar-refractivity contribution in [2.45, 2.75) is 181 Å². The minimum Gasteiger partial charge on any atom is -0.462 e. The van der Waals surface area contributed by atoms with Crippen LogP contribution in [-0.4, -0.2) is 37.2 Å². The number of unbranched alkanes of at least 4 members (excludes halogenated alkanes) is 12. The third kappa shape index (κ3) is 44.8. The van der Waals surface area contributed by atoms with Gasteiger partial charge in [-0.1, -0.05) is 187 Å². The first-order valence-corrected chi connectivity index (χ1v) is 23.1. The van der Waals surface area contributed by atoms with Crippen molar-refractivity contribution in [1.82, 2.24) is 0 Å². The molecular formula is C53H82O6. The molecule has 0 radical (unpaired) electrons. The van der Waals surface area contributed by atoms with E-state index in [1.807, 2.05) is 54.7 Å². The van der Waals surface area contributed by atoms with Gasteiger partial charge < -0.3 is 14.2 Å². The Morgan fingerprint density at radius 1 is 0.373 bits per heavy atom. The van der Waals surface area contributed by atoms with Crippen LogP contribution in [0.1, 0.15) is 175 Å². The largest absolute Gasteiger partial charge is 0.462 e. The highest BCUT2D eigenvalue weighted by molar-refractivity contribution is 5.71. The molecule has 0 aliphatic rings. The standard InChI is InChI=1S/C53H82O6/c1-4-7-10-13-16-19-22-24-25-26-27-29-31-34-37-40-43-46-52(55)58-49-50(48-57-51(54)45-42-39-36-33-30-21-18-15-12-9-6-3)59-53(56)47-44-41-38-35-32-28-23-20-17-14-11-8-5-2/h8-9,11-12,14,16-21,23-25,28,32-33,35-36,38,50H,4-7,10,13,15,22,26-27,29-31,34,37,39-49H2,1-3H3/b11-8-,12-9-,17-14-,19-16-,21-18-,23-20-,25-24-,32-28-,36-33-,38-35-. The van der Waals surface area contributed by atoms with E-state index in [2.05, 4.69) is 87.6 Å². The zero-order chi connectivity index (χ0) is 43.0. The van der Waals surface area contributed by atoms with Crippen LogP contribution in [0.5, 0.6) is 0 Å². The smallest absolute Gasteiger partial charge is 0.306 e.